The third-order valence-electron chi connectivity index (χ3n) is 4.71. The van der Waals surface area contributed by atoms with Crippen molar-refractivity contribution in [2.75, 3.05) is 7.11 Å². The zero-order valence-electron chi connectivity index (χ0n) is 18.8. The molecule has 0 saturated carbocycles. The minimum absolute atomic E-state index is 0.240. The molecule has 0 radical (unpaired) electrons. The minimum atomic E-state index is -4.39. The van der Waals surface area contributed by atoms with Crippen LogP contribution in [-0.4, -0.2) is 21.9 Å². The number of aliphatic hydroxyl groups excluding tert-OH is 2. The molecule has 0 unspecified atom stereocenters. The molecule has 0 amide bonds. The summed E-state index contributed by atoms with van der Waals surface area (Å²) < 4.78 is 46.1. The van der Waals surface area contributed by atoms with Gasteiger partial charge in [0.15, 0.2) is 0 Å². The van der Waals surface area contributed by atoms with Crippen LogP contribution >= 0.6 is 0 Å². The van der Waals surface area contributed by atoms with Crippen LogP contribution in [0, 0.1) is 0 Å². The van der Waals surface area contributed by atoms with Crippen molar-refractivity contribution in [2.24, 2.45) is 0 Å². The molecular weight excluding hydrogens is 431 g/mol. The van der Waals surface area contributed by atoms with Crippen molar-refractivity contribution >= 4 is 10.9 Å². The van der Waals surface area contributed by atoms with Crippen LogP contribution in [0.2, 0.25) is 0 Å². The molecule has 4 nitrogen and oxygen atoms in total. The lowest BCUT2D eigenvalue weighted by molar-refractivity contribution is -0.137. The van der Waals surface area contributed by atoms with Crippen LogP contribution < -0.4 is 4.74 Å². The van der Waals surface area contributed by atoms with E-state index >= 15 is 0 Å². The standard InChI is InChI=1S/C23H18F3NO2.C2H6.CH4O/c24-23(25,26)18-6-8-19(9-7-18)27-20(14-28)12-17-13-21(10-11-22(17)27)29-15-16-4-2-1-3-5-16;2*1-2/h1-13,28H,14-15H2;1-2H3;2H,1H3. The molecule has 0 bridgehead atoms. The molecule has 1 aromatic heterocycles. The van der Waals surface area contributed by atoms with Gasteiger partial charge in [0.1, 0.15) is 12.4 Å². The number of rotatable bonds is 5. The maximum Gasteiger partial charge on any atom is 0.416 e. The van der Waals surface area contributed by atoms with Crippen molar-refractivity contribution in [3.63, 3.8) is 0 Å². The Morgan fingerprint density at radius 3 is 2.06 bits per heavy atom. The highest BCUT2D eigenvalue weighted by molar-refractivity contribution is 5.84. The molecule has 7 heteroatoms. The summed E-state index contributed by atoms with van der Waals surface area (Å²) in [5, 5.41) is 17.6. The second-order valence-electron chi connectivity index (χ2n) is 6.67. The van der Waals surface area contributed by atoms with Crippen molar-refractivity contribution < 1.29 is 28.1 Å². The first-order valence-electron chi connectivity index (χ1n) is 10.5. The fourth-order valence-electron chi connectivity index (χ4n) is 3.30. The van der Waals surface area contributed by atoms with Gasteiger partial charge in [-0.05, 0) is 54.1 Å². The molecule has 4 aromatic rings. The van der Waals surface area contributed by atoms with E-state index in [0.29, 0.717) is 23.7 Å². The summed E-state index contributed by atoms with van der Waals surface area (Å²) in [6.07, 6.45) is -4.39. The number of fused-ring (bicyclic) bond motifs is 1. The van der Waals surface area contributed by atoms with E-state index in [4.69, 9.17) is 9.84 Å². The number of ether oxygens (including phenoxy) is 1. The fourth-order valence-corrected chi connectivity index (χ4v) is 3.30. The second-order valence-corrected chi connectivity index (χ2v) is 6.67. The smallest absolute Gasteiger partial charge is 0.416 e. The molecule has 0 fully saturated rings. The number of benzene rings is 3. The molecular formula is C26H28F3NO3. The molecule has 33 heavy (non-hydrogen) atoms. The van der Waals surface area contributed by atoms with Gasteiger partial charge in [0.05, 0.1) is 17.7 Å². The number of halogens is 3. The lowest BCUT2D eigenvalue weighted by Crippen LogP contribution is -2.06. The highest BCUT2D eigenvalue weighted by atomic mass is 19.4. The molecule has 0 spiro atoms. The summed E-state index contributed by atoms with van der Waals surface area (Å²) >= 11 is 0. The Kier molecular flexibility index (Phi) is 9.51. The van der Waals surface area contributed by atoms with Gasteiger partial charge in [-0.15, -0.1) is 0 Å². The Hall–Kier alpha value is -3.29. The second kappa shape index (κ2) is 12.1. The van der Waals surface area contributed by atoms with Gasteiger partial charge in [-0.1, -0.05) is 44.2 Å². The number of aromatic nitrogens is 1. The van der Waals surface area contributed by atoms with Crippen LogP contribution in [0.5, 0.6) is 5.75 Å². The van der Waals surface area contributed by atoms with Crippen LogP contribution in [0.3, 0.4) is 0 Å². The van der Waals surface area contributed by atoms with E-state index < -0.39 is 11.7 Å². The van der Waals surface area contributed by atoms with E-state index in [1.165, 1.54) is 12.1 Å². The van der Waals surface area contributed by atoms with Gasteiger partial charge in [0.25, 0.3) is 0 Å². The molecule has 1 heterocycles. The van der Waals surface area contributed by atoms with Crippen molar-refractivity contribution in [3.8, 4) is 11.4 Å². The van der Waals surface area contributed by atoms with Gasteiger partial charge in [-0.2, -0.15) is 13.2 Å². The minimum Gasteiger partial charge on any atom is -0.489 e. The highest BCUT2D eigenvalue weighted by Crippen LogP contribution is 2.32. The molecule has 2 N–H and O–H groups in total. The zero-order chi connectivity index (χ0) is 24.4. The fraction of sp³-hybridized carbons (Fsp3) is 0.231. The average molecular weight is 460 g/mol. The van der Waals surface area contributed by atoms with E-state index in [1.807, 2.05) is 68.4 Å². The average Bonchev–Trinajstić information content (AvgIpc) is 3.23. The van der Waals surface area contributed by atoms with Gasteiger partial charge < -0.3 is 19.5 Å². The third kappa shape index (κ3) is 6.37. The Bertz CT molecular complexity index is 1120. The van der Waals surface area contributed by atoms with Crippen LogP contribution in [0.15, 0.2) is 78.9 Å². The summed E-state index contributed by atoms with van der Waals surface area (Å²) in [6, 6.07) is 22.0. The number of nitrogens with zero attached hydrogens (tertiary/aromatic N) is 1. The van der Waals surface area contributed by atoms with E-state index in [0.717, 1.165) is 35.7 Å². The third-order valence-corrected chi connectivity index (χ3v) is 4.71. The molecule has 176 valence electrons. The Morgan fingerprint density at radius 1 is 0.848 bits per heavy atom. The van der Waals surface area contributed by atoms with Crippen LogP contribution in [0.4, 0.5) is 13.2 Å². The van der Waals surface area contributed by atoms with E-state index in [1.54, 1.807) is 4.57 Å². The number of alkyl halides is 3. The lowest BCUT2D eigenvalue weighted by Gasteiger charge is -2.12. The first-order valence-corrected chi connectivity index (χ1v) is 10.5. The SMILES string of the molecule is CC.CO.OCc1cc2cc(OCc3ccccc3)ccc2n1-c1ccc(C(F)(F)F)cc1. The largest absolute Gasteiger partial charge is 0.489 e. The molecule has 4 rings (SSSR count). The van der Waals surface area contributed by atoms with E-state index in [2.05, 4.69) is 0 Å². The van der Waals surface area contributed by atoms with Gasteiger partial charge >= 0.3 is 6.18 Å². The van der Waals surface area contributed by atoms with Gasteiger partial charge in [-0.3, -0.25) is 0 Å². The maximum absolute atomic E-state index is 12.8. The molecule has 0 aliphatic rings. The number of hydrogen-bond donors (Lipinski definition) is 2. The monoisotopic (exact) mass is 459 g/mol. The predicted molar refractivity (Wildman–Crippen MR) is 124 cm³/mol. The number of aliphatic hydroxyl groups is 2. The van der Waals surface area contributed by atoms with Gasteiger partial charge in [0, 0.05) is 23.9 Å². The number of hydrogen-bond acceptors (Lipinski definition) is 3. The summed E-state index contributed by atoms with van der Waals surface area (Å²) in [6.45, 7) is 4.19. The van der Waals surface area contributed by atoms with Crippen molar-refractivity contribution in [1.82, 2.24) is 4.57 Å². The summed E-state index contributed by atoms with van der Waals surface area (Å²) in [7, 11) is 1.00. The van der Waals surface area contributed by atoms with Gasteiger partial charge in [-0.25, -0.2) is 0 Å². The maximum atomic E-state index is 12.8. The predicted octanol–water partition coefficient (Wildman–Crippen LogP) is 6.36. The molecule has 3 aromatic carbocycles. The summed E-state index contributed by atoms with van der Waals surface area (Å²) in [5.41, 5.74) is 2.25. The first-order chi connectivity index (χ1) is 16.0. The van der Waals surface area contributed by atoms with Crippen molar-refractivity contribution in [1.29, 1.82) is 0 Å². The normalized spacial score (nSPS) is 10.7. The Labute approximate surface area is 191 Å². The Morgan fingerprint density at radius 2 is 1.48 bits per heavy atom. The van der Waals surface area contributed by atoms with Crippen molar-refractivity contribution in [2.45, 2.75) is 33.2 Å². The zero-order valence-corrected chi connectivity index (χ0v) is 18.8. The topological polar surface area (TPSA) is 54.6 Å². The molecule has 0 atom stereocenters. The van der Waals surface area contributed by atoms with Crippen LogP contribution in [0.1, 0.15) is 30.7 Å². The van der Waals surface area contributed by atoms with Crippen LogP contribution in [0.25, 0.3) is 16.6 Å². The quantitative estimate of drug-likeness (QED) is 0.365. The highest BCUT2D eigenvalue weighted by Gasteiger charge is 2.30. The van der Waals surface area contributed by atoms with E-state index in [-0.39, 0.29) is 6.61 Å². The molecule has 0 aliphatic heterocycles. The molecule has 0 aliphatic carbocycles. The first kappa shape index (κ1) is 26.0. The summed E-state index contributed by atoms with van der Waals surface area (Å²) in [4.78, 5) is 0. The summed E-state index contributed by atoms with van der Waals surface area (Å²) in [5.74, 6) is 0.676. The van der Waals surface area contributed by atoms with Gasteiger partial charge in [0.2, 0.25) is 0 Å². The molecule has 0 saturated heterocycles. The lowest BCUT2D eigenvalue weighted by atomic mass is 10.2. The van der Waals surface area contributed by atoms with Crippen LogP contribution in [-0.2, 0) is 19.4 Å². The van der Waals surface area contributed by atoms with E-state index in [9.17, 15) is 18.3 Å². The Balaban J connectivity index is 0.000000914. The van der Waals surface area contributed by atoms with Crippen molar-refractivity contribution in [3.05, 3.63) is 95.7 Å².